The minimum Gasteiger partial charge on any atom is -0.469 e. The summed E-state index contributed by atoms with van der Waals surface area (Å²) in [5.41, 5.74) is 3.88. The van der Waals surface area contributed by atoms with Gasteiger partial charge in [0.2, 0.25) is 0 Å². The molecule has 0 fully saturated rings. The molecule has 1 aromatic rings. The van der Waals surface area contributed by atoms with Crippen molar-refractivity contribution in [2.75, 3.05) is 12.9 Å². The van der Waals surface area contributed by atoms with Crippen LogP contribution in [0, 0.1) is 26.7 Å². The Morgan fingerprint density at radius 3 is 2.15 bits per heavy atom. The second-order valence-corrected chi connectivity index (χ2v) is 7.47. The number of carbonyl (C=O) groups is 1. The molecule has 1 unspecified atom stereocenters. The van der Waals surface area contributed by atoms with Crippen LogP contribution < -0.4 is 0 Å². The van der Waals surface area contributed by atoms with Crippen LogP contribution in [0.3, 0.4) is 0 Å². The van der Waals surface area contributed by atoms with Crippen LogP contribution in [0.4, 0.5) is 0 Å². The maximum absolute atomic E-state index is 12.2. The highest BCUT2D eigenvalue weighted by Gasteiger charge is 2.23. The summed E-state index contributed by atoms with van der Waals surface area (Å²) in [6.07, 6.45) is 0. The first-order valence-corrected chi connectivity index (χ1v) is 8.33. The van der Waals surface area contributed by atoms with Crippen LogP contribution in [0.5, 0.6) is 0 Å². The third-order valence-corrected chi connectivity index (χ3v) is 5.05. The molecule has 0 radical (unpaired) electrons. The van der Waals surface area contributed by atoms with Gasteiger partial charge in [0, 0.05) is 0 Å². The Morgan fingerprint density at radius 2 is 1.70 bits per heavy atom. The van der Waals surface area contributed by atoms with Gasteiger partial charge in [-0.25, -0.2) is 8.42 Å². The van der Waals surface area contributed by atoms with Gasteiger partial charge < -0.3 is 4.74 Å². The largest absolute Gasteiger partial charge is 0.469 e. The molecule has 0 saturated carbocycles. The SMILES string of the molecule is COC(=O)C(C)CS(=O)(=O)Cc1c(C)cc(C)cc1C. The molecular formula is C15H22O4S. The van der Waals surface area contributed by atoms with Gasteiger partial charge in [0.05, 0.1) is 24.5 Å². The Hall–Kier alpha value is -1.36. The first kappa shape index (κ1) is 16.7. The molecule has 4 nitrogen and oxygen atoms in total. The lowest BCUT2D eigenvalue weighted by Crippen LogP contribution is -2.23. The zero-order valence-electron chi connectivity index (χ0n) is 12.7. The number of esters is 1. The number of sulfone groups is 1. The predicted octanol–water partition coefficient (Wildman–Crippen LogP) is 2.34. The molecule has 0 aromatic heterocycles. The average Bonchev–Trinajstić information content (AvgIpc) is 2.32. The van der Waals surface area contributed by atoms with Crippen LogP contribution >= 0.6 is 0 Å². The average molecular weight is 298 g/mol. The molecular weight excluding hydrogens is 276 g/mol. The fourth-order valence-electron chi connectivity index (χ4n) is 2.37. The molecule has 0 aliphatic carbocycles. The smallest absolute Gasteiger partial charge is 0.309 e. The maximum Gasteiger partial charge on any atom is 0.309 e. The quantitative estimate of drug-likeness (QED) is 0.783. The number of ether oxygens (including phenoxy) is 1. The Morgan fingerprint density at radius 1 is 1.20 bits per heavy atom. The van der Waals surface area contributed by atoms with E-state index in [1.54, 1.807) is 6.92 Å². The van der Waals surface area contributed by atoms with Gasteiger partial charge >= 0.3 is 5.97 Å². The number of hydrogen-bond acceptors (Lipinski definition) is 4. The van der Waals surface area contributed by atoms with Crippen LogP contribution in [0.2, 0.25) is 0 Å². The molecule has 1 rings (SSSR count). The highest BCUT2D eigenvalue weighted by Crippen LogP contribution is 2.20. The summed E-state index contributed by atoms with van der Waals surface area (Å²) in [5, 5.41) is 0. The number of hydrogen-bond donors (Lipinski definition) is 0. The summed E-state index contributed by atoms with van der Waals surface area (Å²) in [7, 11) is -2.08. The first-order chi connectivity index (χ1) is 9.16. The van der Waals surface area contributed by atoms with Crippen LogP contribution in [0.1, 0.15) is 29.2 Å². The van der Waals surface area contributed by atoms with Gasteiger partial charge in [0.15, 0.2) is 9.84 Å². The molecule has 0 spiro atoms. The Labute approximate surface area is 121 Å². The Bertz CT molecular complexity index is 579. The van der Waals surface area contributed by atoms with E-state index in [-0.39, 0.29) is 11.5 Å². The Kier molecular flexibility index (Phi) is 5.34. The molecule has 0 amide bonds. The number of methoxy groups -OCH3 is 1. The molecule has 5 heteroatoms. The van der Waals surface area contributed by atoms with Gasteiger partial charge in [-0.15, -0.1) is 0 Å². The summed E-state index contributed by atoms with van der Waals surface area (Å²) in [4.78, 5) is 11.3. The molecule has 20 heavy (non-hydrogen) atoms. The fourth-order valence-corrected chi connectivity index (χ4v) is 4.28. The number of rotatable bonds is 5. The maximum atomic E-state index is 12.2. The molecule has 0 aliphatic heterocycles. The molecule has 1 aromatic carbocycles. The van der Waals surface area contributed by atoms with Crippen LogP contribution in [-0.4, -0.2) is 27.2 Å². The van der Waals surface area contributed by atoms with Crippen molar-refractivity contribution in [1.82, 2.24) is 0 Å². The van der Waals surface area contributed by atoms with Crippen molar-refractivity contribution in [3.63, 3.8) is 0 Å². The van der Waals surface area contributed by atoms with Crippen molar-refractivity contribution in [1.29, 1.82) is 0 Å². The van der Waals surface area contributed by atoms with Gasteiger partial charge in [0.25, 0.3) is 0 Å². The van der Waals surface area contributed by atoms with Gasteiger partial charge in [-0.05, 0) is 37.5 Å². The second kappa shape index (κ2) is 6.39. The third kappa shape index (κ3) is 4.34. The highest BCUT2D eigenvalue weighted by molar-refractivity contribution is 7.90. The molecule has 0 heterocycles. The van der Waals surface area contributed by atoms with E-state index in [0.29, 0.717) is 0 Å². The van der Waals surface area contributed by atoms with E-state index in [9.17, 15) is 13.2 Å². The van der Waals surface area contributed by atoms with E-state index in [0.717, 1.165) is 22.3 Å². The summed E-state index contributed by atoms with van der Waals surface area (Å²) < 4.78 is 29.0. The predicted molar refractivity (Wildman–Crippen MR) is 79.3 cm³/mol. The topological polar surface area (TPSA) is 60.4 Å². The van der Waals surface area contributed by atoms with Crippen molar-refractivity contribution < 1.29 is 17.9 Å². The lowest BCUT2D eigenvalue weighted by molar-refractivity contribution is -0.144. The normalized spacial score (nSPS) is 13.1. The number of aryl methyl sites for hydroxylation is 3. The first-order valence-electron chi connectivity index (χ1n) is 6.51. The zero-order chi connectivity index (χ0) is 15.5. The second-order valence-electron chi connectivity index (χ2n) is 5.36. The highest BCUT2D eigenvalue weighted by atomic mass is 32.2. The van der Waals surface area contributed by atoms with Gasteiger partial charge in [-0.2, -0.15) is 0 Å². The van der Waals surface area contributed by atoms with Crippen molar-refractivity contribution in [3.05, 3.63) is 34.4 Å². The van der Waals surface area contributed by atoms with Gasteiger partial charge in [-0.3, -0.25) is 4.79 Å². The monoisotopic (exact) mass is 298 g/mol. The molecule has 0 bridgehead atoms. The van der Waals surface area contributed by atoms with Crippen LogP contribution in [0.25, 0.3) is 0 Å². The van der Waals surface area contributed by atoms with Crippen molar-refractivity contribution >= 4 is 15.8 Å². The molecule has 0 aliphatic rings. The molecule has 112 valence electrons. The minimum atomic E-state index is -3.35. The van der Waals surface area contributed by atoms with E-state index in [1.165, 1.54) is 7.11 Å². The van der Waals surface area contributed by atoms with E-state index in [4.69, 9.17) is 0 Å². The molecule has 0 N–H and O–H groups in total. The van der Waals surface area contributed by atoms with E-state index >= 15 is 0 Å². The Balaban J connectivity index is 2.95. The van der Waals surface area contributed by atoms with Crippen LogP contribution in [-0.2, 0) is 25.1 Å². The van der Waals surface area contributed by atoms with Gasteiger partial charge in [-0.1, -0.05) is 24.6 Å². The third-order valence-electron chi connectivity index (χ3n) is 3.31. The lowest BCUT2D eigenvalue weighted by atomic mass is 10.0. The van der Waals surface area contributed by atoms with Crippen molar-refractivity contribution in [2.45, 2.75) is 33.4 Å². The van der Waals surface area contributed by atoms with E-state index in [2.05, 4.69) is 4.74 Å². The van der Waals surface area contributed by atoms with Crippen molar-refractivity contribution in [2.24, 2.45) is 5.92 Å². The number of benzene rings is 1. The van der Waals surface area contributed by atoms with E-state index in [1.807, 2.05) is 32.9 Å². The molecule has 0 saturated heterocycles. The lowest BCUT2D eigenvalue weighted by Gasteiger charge is -2.14. The molecule has 1 atom stereocenters. The summed E-state index contributed by atoms with van der Waals surface area (Å²) in [6.45, 7) is 7.37. The zero-order valence-corrected chi connectivity index (χ0v) is 13.5. The fraction of sp³-hybridized carbons (Fsp3) is 0.533. The minimum absolute atomic E-state index is 0.0354. The summed E-state index contributed by atoms with van der Waals surface area (Å²) in [5.74, 6) is -1.36. The van der Waals surface area contributed by atoms with Gasteiger partial charge in [0.1, 0.15) is 0 Å². The summed E-state index contributed by atoms with van der Waals surface area (Å²) >= 11 is 0. The number of carbonyl (C=O) groups excluding carboxylic acids is 1. The summed E-state index contributed by atoms with van der Waals surface area (Å²) in [6, 6.07) is 3.95. The van der Waals surface area contributed by atoms with E-state index < -0.39 is 21.7 Å². The van der Waals surface area contributed by atoms with Crippen molar-refractivity contribution in [3.8, 4) is 0 Å². The standard InChI is InChI=1S/C15H22O4S/c1-10-6-11(2)14(12(3)7-10)9-20(17,18)8-13(4)15(16)19-5/h6-7,13H,8-9H2,1-5H3. The van der Waals surface area contributed by atoms with Crippen LogP contribution in [0.15, 0.2) is 12.1 Å².